The Kier molecular flexibility index (Phi) is 4.81. The summed E-state index contributed by atoms with van der Waals surface area (Å²) in [7, 11) is 0. The van der Waals surface area contributed by atoms with Crippen molar-refractivity contribution < 1.29 is 18.3 Å². The molecule has 0 saturated heterocycles. The fourth-order valence-electron chi connectivity index (χ4n) is 3.15. The standard InChI is InChI=1S/C16H22F3NO/c1-10-7-8-12(15(21)9-10)11(2)20-14-6-4-3-5-13(14)16(17,18)19/h7-9,11,13-14,20-21H,3-6H2,1-2H3. The highest BCUT2D eigenvalue weighted by Crippen LogP contribution is 2.39. The minimum atomic E-state index is -4.16. The van der Waals surface area contributed by atoms with Crippen LogP contribution in [0.25, 0.3) is 0 Å². The number of hydrogen-bond donors (Lipinski definition) is 2. The Morgan fingerprint density at radius 1 is 1.24 bits per heavy atom. The lowest BCUT2D eigenvalue weighted by molar-refractivity contribution is -0.189. The van der Waals surface area contributed by atoms with Crippen molar-refractivity contribution in [1.82, 2.24) is 5.32 Å². The molecule has 1 aliphatic rings. The molecule has 0 aromatic heterocycles. The van der Waals surface area contributed by atoms with Crippen LogP contribution in [0, 0.1) is 12.8 Å². The Hall–Kier alpha value is -1.23. The second-order valence-corrected chi connectivity index (χ2v) is 5.99. The lowest BCUT2D eigenvalue weighted by atomic mass is 9.83. The number of phenolic OH excluding ortho intramolecular Hbond substituents is 1. The van der Waals surface area contributed by atoms with E-state index in [2.05, 4.69) is 5.32 Å². The second kappa shape index (κ2) is 6.26. The van der Waals surface area contributed by atoms with E-state index in [-0.39, 0.29) is 18.2 Å². The maximum Gasteiger partial charge on any atom is 0.393 e. The normalized spacial score (nSPS) is 24.8. The highest BCUT2D eigenvalue weighted by molar-refractivity contribution is 5.37. The molecule has 1 aromatic rings. The van der Waals surface area contributed by atoms with Gasteiger partial charge in [-0.05, 0) is 38.3 Å². The van der Waals surface area contributed by atoms with Gasteiger partial charge in [-0.1, -0.05) is 25.0 Å². The van der Waals surface area contributed by atoms with Crippen molar-refractivity contribution in [3.8, 4) is 5.75 Å². The van der Waals surface area contributed by atoms with Crippen LogP contribution in [0.1, 0.15) is 49.8 Å². The Balaban J connectivity index is 2.11. The van der Waals surface area contributed by atoms with E-state index < -0.39 is 18.1 Å². The molecule has 0 amide bonds. The largest absolute Gasteiger partial charge is 0.508 e. The Morgan fingerprint density at radius 3 is 2.52 bits per heavy atom. The van der Waals surface area contributed by atoms with Crippen LogP contribution in [0.3, 0.4) is 0 Å². The summed E-state index contributed by atoms with van der Waals surface area (Å²) < 4.78 is 39.3. The molecule has 5 heteroatoms. The van der Waals surface area contributed by atoms with Crippen LogP contribution in [-0.2, 0) is 0 Å². The van der Waals surface area contributed by atoms with Gasteiger partial charge in [-0.3, -0.25) is 0 Å². The highest BCUT2D eigenvalue weighted by atomic mass is 19.4. The summed E-state index contributed by atoms with van der Waals surface area (Å²) >= 11 is 0. The monoisotopic (exact) mass is 301 g/mol. The average molecular weight is 301 g/mol. The molecule has 0 bridgehead atoms. The highest BCUT2D eigenvalue weighted by Gasteiger charge is 2.45. The van der Waals surface area contributed by atoms with Crippen molar-refractivity contribution in [2.24, 2.45) is 5.92 Å². The van der Waals surface area contributed by atoms with Gasteiger partial charge in [0.25, 0.3) is 0 Å². The predicted octanol–water partition coefficient (Wildman–Crippen LogP) is 4.47. The number of rotatable bonds is 3. The number of alkyl halides is 3. The lowest BCUT2D eigenvalue weighted by Gasteiger charge is -2.35. The molecule has 0 radical (unpaired) electrons. The topological polar surface area (TPSA) is 32.3 Å². The summed E-state index contributed by atoms with van der Waals surface area (Å²) in [5.41, 5.74) is 1.57. The molecule has 3 unspecified atom stereocenters. The molecule has 1 fully saturated rings. The van der Waals surface area contributed by atoms with Crippen LogP contribution < -0.4 is 5.32 Å². The van der Waals surface area contributed by atoms with Gasteiger partial charge in [-0.25, -0.2) is 0 Å². The summed E-state index contributed by atoms with van der Waals surface area (Å²) in [5, 5.41) is 13.0. The first kappa shape index (κ1) is 16.1. The maximum absolute atomic E-state index is 13.1. The zero-order chi connectivity index (χ0) is 15.6. The number of nitrogens with one attached hydrogen (secondary N) is 1. The van der Waals surface area contributed by atoms with Crippen LogP contribution in [-0.4, -0.2) is 17.3 Å². The first-order valence-corrected chi connectivity index (χ1v) is 7.41. The Bertz CT molecular complexity index is 487. The minimum Gasteiger partial charge on any atom is -0.508 e. The van der Waals surface area contributed by atoms with E-state index in [1.54, 1.807) is 19.1 Å². The average Bonchev–Trinajstić information content (AvgIpc) is 2.37. The molecule has 0 spiro atoms. The molecule has 3 atom stereocenters. The van der Waals surface area contributed by atoms with Crippen molar-refractivity contribution in [3.63, 3.8) is 0 Å². The van der Waals surface area contributed by atoms with E-state index in [1.165, 1.54) is 0 Å². The third-order valence-corrected chi connectivity index (χ3v) is 4.30. The van der Waals surface area contributed by atoms with Gasteiger partial charge < -0.3 is 10.4 Å². The van der Waals surface area contributed by atoms with Crippen LogP contribution in [0.2, 0.25) is 0 Å². The summed E-state index contributed by atoms with van der Waals surface area (Å²) in [4.78, 5) is 0. The number of phenols is 1. The summed E-state index contributed by atoms with van der Waals surface area (Å²) in [5.74, 6) is -1.16. The molecule has 2 nitrogen and oxygen atoms in total. The molecule has 1 saturated carbocycles. The summed E-state index contributed by atoms with van der Waals surface area (Å²) in [6.07, 6.45) is -1.99. The zero-order valence-corrected chi connectivity index (χ0v) is 12.4. The Morgan fingerprint density at radius 2 is 1.90 bits per heavy atom. The summed E-state index contributed by atoms with van der Waals surface area (Å²) in [6, 6.07) is 4.38. The third-order valence-electron chi connectivity index (χ3n) is 4.30. The van der Waals surface area contributed by atoms with Gasteiger partial charge >= 0.3 is 6.18 Å². The fraction of sp³-hybridized carbons (Fsp3) is 0.625. The zero-order valence-electron chi connectivity index (χ0n) is 12.4. The van der Waals surface area contributed by atoms with E-state index in [4.69, 9.17) is 0 Å². The lowest BCUT2D eigenvalue weighted by Crippen LogP contribution is -2.46. The van der Waals surface area contributed by atoms with E-state index in [0.717, 1.165) is 12.0 Å². The van der Waals surface area contributed by atoms with Crippen LogP contribution in [0.4, 0.5) is 13.2 Å². The molecule has 1 aliphatic carbocycles. The van der Waals surface area contributed by atoms with Crippen molar-refractivity contribution in [2.75, 3.05) is 0 Å². The van der Waals surface area contributed by atoms with Crippen LogP contribution in [0.5, 0.6) is 5.75 Å². The Labute approximate surface area is 123 Å². The van der Waals surface area contributed by atoms with Gasteiger partial charge in [0.1, 0.15) is 5.75 Å². The third kappa shape index (κ3) is 3.90. The fourth-order valence-corrected chi connectivity index (χ4v) is 3.15. The minimum absolute atomic E-state index is 0.134. The van der Waals surface area contributed by atoms with E-state index in [9.17, 15) is 18.3 Å². The van der Waals surface area contributed by atoms with E-state index >= 15 is 0 Å². The number of benzene rings is 1. The van der Waals surface area contributed by atoms with Crippen molar-refractivity contribution >= 4 is 0 Å². The summed E-state index contributed by atoms with van der Waals surface area (Å²) in [6.45, 7) is 3.66. The first-order chi connectivity index (χ1) is 9.79. The molecule has 2 rings (SSSR count). The van der Waals surface area contributed by atoms with Gasteiger partial charge in [0.05, 0.1) is 5.92 Å². The molecule has 21 heavy (non-hydrogen) atoms. The number of aromatic hydroxyl groups is 1. The predicted molar refractivity (Wildman–Crippen MR) is 76.2 cm³/mol. The SMILES string of the molecule is Cc1ccc(C(C)NC2CCCCC2C(F)(F)F)c(O)c1. The smallest absolute Gasteiger partial charge is 0.393 e. The number of halogens is 3. The van der Waals surface area contributed by atoms with Crippen molar-refractivity contribution in [1.29, 1.82) is 0 Å². The second-order valence-electron chi connectivity index (χ2n) is 5.99. The van der Waals surface area contributed by atoms with Gasteiger partial charge in [0, 0.05) is 17.6 Å². The van der Waals surface area contributed by atoms with Gasteiger partial charge in [0.15, 0.2) is 0 Å². The molecular formula is C16H22F3NO. The quantitative estimate of drug-likeness (QED) is 0.863. The van der Waals surface area contributed by atoms with Gasteiger partial charge in [-0.15, -0.1) is 0 Å². The van der Waals surface area contributed by atoms with E-state index in [1.807, 2.05) is 13.0 Å². The van der Waals surface area contributed by atoms with Gasteiger partial charge in [0.2, 0.25) is 0 Å². The van der Waals surface area contributed by atoms with Crippen LogP contribution in [0.15, 0.2) is 18.2 Å². The van der Waals surface area contributed by atoms with Crippen molar-refractivity contribution in [2.45, 2.75) is 57.8 Å². The van der Waals surface area contributed by atoms with Crippen molar-refractivity contribution in [3.05, 3.63) is 29.3 Å². The van der Waals surface area contributed by atoms with Crippen LogP contribution >= 0.6 is 0 Å². The van der Waals surface area contributed by atoms with Gasteiger partial charge in [-0.2, -0.15) is 13.2 Å². The molecule has 118 valence electrons. The molecule has 0 heterocycles. The molecule has 0 aliphatic heterocycles. The molecule has 1 aromatic carbocycles. The number of hydrogen-bond acceptors (Lipinski definition) is 2. The van der Waals surface area contributed by atoms with E-state index in [0.29, 0.717) is 18.4 Å². The molecule has 2 N–H and O–H groups in total. The first-order valence-electron chi connectivity index (χ1n) is 7.41. The molecular weight excluding hydrogens is 279 g/mol. The number of aryl methyl sites for hydroxylation is 1. The maximum atomic E-state index is 13.1.